The number of hydrogen-bond donors (Lipinski definition) is 0. The maximum Gasteiger partial charge on any atom is 0.343 e. The molecular formula is C25H24N4O6S. The Morgan fingerprint density at radius 2 is 1.92 bits per heavy atom. The van der Waals surface area contributed by atoms with E-state index in [1.807, 2.05) is 31.2 Å². The summed E-state index contributed by atoms with van der Waals surface area (Å²) in [6.07, 6.45) is 2.03. The Labute approximate surface area is 206 Å². The predicted octanol–water partition coefficient (Wildman–Crippen LogP) is 3.73. The van der Waals surface area contributed by atoms with Crippen molar-refractivity contribution in [2.24, 2.45) is 0 Å². The molecular weight excluding hydrogens is 484 g/mol. The second-order valence-electron chi connectivity index (χ2n) is 8.28. The van der Waals surface area contributed by atoms with Crippen LogP contribution >= 0.6 is 0 Å². The van der Waals surface area contributed by atoms with Gasteiger partial charge >= 0.3 is 5.69 Å². The van der Waals surface area contributed by atoms with Crippen LogP contribution in [0.5, 0.6) is 11.6 Å². The van der Waals surface area contributed by atoms with Crippen molar-refractivity contribution in [3.63, 3.8) is 0 Å². The first-order chi connectivity index (χ1) is 17.3. The van der Waals surface area contributed by atoms with Crippen molar-refractivity contribution >= 4 is 32.0 Å². The highest BCUT2D eigenvalue weighted by Crippen LogP contribution is 2.28. The molecule has 186 valence electrons. The summed E-state index contributed by atoms with van der Waals surface area (Å²) in [5.74, 6) is 0.938. The highest BCUT2D eigenvalue weighted by atomic mass is 32.2. The van der Waals surface area contributed by atoms with E-state index in [0.717, 1.165) is 22.2 Å². The molecule has 0 aliphatic heterocycles. The van der Waals surface area contributed by atoms with Crippen molar-refractivity contribution < 1.29 is 22.4 Å². The summed E-state index contributed by atoms with van der Waals surface area (Å²) in [4.78, 5) is 17.6. The van der Waals surface area contributed by atoms with Crippen molar-refractivity contribution in [3.8, 4) is 11.6 Å². The van der Waals surface area contributed by atoms with Crippen LogP contribution in [-0.2, 0) is 16.6 Å². The summed E-state index contributed by atoms with van der Waals surface area (Å²) in [5.41, 5.74) is 1.70. The van der Waals surface area contributed by atoms with Gasteiger partial charge in [-0.05, 0) is 43.2 Å². The molecule has 5 rings (SSSR count). The maximum absolute atomic E-state index is 13.7. The average Bonchev–Trinajstić information content (AvgIpc) is 3.38. The first-order valence-electron chi connectivity index (χ1n) is 11.3. The van der Waals surface area contributed by atoms with E-state index < -0.39 is 15.7 Å². The molecule has 0 bridgehead atoms. The first-order valence-corrected chi connectivity index (χ1v) is 12.8. The van der Waals surface area contributed by atoms with E-state index in [0.29, 0.717) is 34.5 Å². The first kappa shape index (κ1) is 23.6. The molecule has 11 heteroatoms. The Balaban J connectivity index is 1.71. The number of benzene rings is 2. The van der Waals surface area contributed by atoms with Gasteiger partial charge in [-0.15, -0.1) is 0 Å². The second kappa shape index (κ2) is 9.15. The Morgan fingerprint density at radius 3 is 2.64 bits per heavy atom. The molecule has 0 amide bonds. The molecule has 0 atom stereocenters. The predicted molar refractivity (Wildman–Crippen MR) is 133 cm³/mol. The van der Waals surface area contributed by atoms with Crippen LogP contribution in [-0.4, -0.2) is 40.8 Å². The zero-order valence-corrected chi connectivity index (χ0v) is 20.8. The number of nitrogens with zero attached hydrogens (tertiary/aromatic N) is 4. The van der Waals surface area contributed by atoms with Crippen LogP contribution in [0.1, 0.15) is 24.6 Å². The van der Waals surface area contributed by atoms with E-state index in [9.17, 15) is 13.2 Å². The van der Waals surface area contributed by atoms with Crippen molar-refractivity contribution in [2.45, 2.75) is 31.7 Å². The number of rotatable bonds is 8. The Kier molecular flexibility index (Phi) is 6.00. The second-order valence-corrected chi connectivity index (χ2v) is 10.1. The summed E-state index contributed by atoms with van der Waals surface area (Å²) in [7, 11) is -2.86. The molecule has 10 nitrogen and oxygen atoms in total. The topological polar surface area (TPSA) is 118 Å². The van der Waals surface area contributed by atoms with E-state index in [2.05, 4.69) is 10.1 Å². The van der Waals surface area contributed by atoms with Crippen LogP contribution in [0.4, 0.5) is 0 Å². The zero-order chi connectivity index (χ0) is 25.4. The molecule has 0 fully saturated rings. The summed E-state index contributed by atoms with van der Waals surface area (Å²) in [6.45, 7) is 4.51. The molecule has 0 saturated carbocycles. The number of imidazole rings is 1. The lowest BCUT2D eigenvalue weighted by Gasteiger charge is -2.08. The van der Waals surface area contributed by atoms with Gasteiger partial charge in [0.15, 0.2) is 5.58 Å². The number of aromatic nitrogens is 4. The minimum Gasteiger partial charge on any atom is -0.494 e. The normalized spacial score (nSPS) is 11.9. The molecule has 5 aromatic rings. The van der Waals surface area contributed by atoms with Gasteiger partial charge in [-0.3, -0.25) is 4.57 Å². The lowest BCUT2D eigenvalue weighted by molar-refractivity contribution is 0.317. The van der Waals surface area contributed by atoms with Crippen molar-refractivity contribution in [2.75, 3.05) is 13.7 Å². The Morgan fingerprint density at radius 1 is 1.08 bits per heavy atom. The molecule has 0 radical (unpaired) electrons. The Hall–Kier alpha value is -4.12. The monoisotopic (exact) mass is 508 g/mol. The lowest BCUT2D eigenvalue weighted by atomic mass is 10.2. The van der Waals surface area contributed by atoms with Gasteiger partial charge in [0.1, 0.15) is 10.6 Å². The maximum atomic E-state index is 13.7. The minimum absolute atomic E-state index is 0.137. The number of ether oxygens (including phenoxy) is 2. The summed E-state index contributed by atoms with van der Waals surface area (Å²) >= 11 is 0. The van der Waals surface area contributed by atoms with Crippen LogP contribution in [0.2, 0.25) is 0 Å². The number of aryl methyl sites for hydroxylation is 1. The van der Waals surface area contributed by atoms with Crippen LogP contribution in [0.15, 0.2) is 68.9 Å². The number of hydrogen-bond acceptors (Lipinski definition) is 8. The quantitative estimate of drug-likeness (QED) is 0.311. The van der Waals surface area contributed by atoms with Gasteiger partial charge in [-0.2, -0.15) is 3.97 Å². The SMILES string of the molecule is CCCOc1cccc(Cn2c(=O)n(S(=O)(=O)c3ccc(OC)nc3)c3cc4onc(C)c4cc32)c1. The molecule has 0 saturated heterocycles. The summed E-state index contributed by atoms with van der Waals surface area (Å²) < 4.78 is 45.6. The third-order valence-corrected chi connectivity index (χ3v) is 7.50. The van der Waals surface area contributed by atoms with E-state index in [-0.39, 0.29) is 22.8 Å². The average molecular weight is 509 g/mol. The molecule has 0 aliphatic carbocycles. The van der Waals surface area contributed by atoms with Gasteiger partial charge in [-0.1, -0.05) is 24.2 Å². The van der Waals surface area contributed by atoms with E-state index >= 15 is 0 Å². The largest absolute Gasteiger partial charge is 0.494 e. The molecule has 2 aromatic carbocycles. The number of methoxy groups -OCH3 is 1. The van der Waals surface area contributed by atoms with Crippen LogP contribution in [0.25, 0.3) is 22.0 Å². The highest BCUT2D eigenvalue weighted by molar-refractivity contribution is 7.90. The standard InChI is InChI=1S/C25H24N4O6S/c1-4-10-34-18-7-5-6-17(11-18)15-28-21-12-20-16(2)27-35-23(20)13-22(21)29(25(28)30)36(31,32)19-8-9-24(33-3)26-14-19/h5-9,11-14H,4,10,15H2,1-3H3. The smallest absolute Gasteiger partial charge is 0.343 e. The fraction of sp³-hybridized carbons (Fsp3) is 0.240. The van der Waals surface area contributed by atoms with Gasteiger partial charge in [0, 0.05) is 17.5 Å². The molecule has 0 spiro atoms. The van der Waals surface area contributed by atoms with Crippen LogP contribution in [0.3, 0.4) is 0 Å². The van der Waals surface area contributed by atoms with E-state index in [1.165, 1.54) is 29.9 Å². The summed E-state index contributed by atoms with van der Waals surface area (Å²) in [6, 6.07) is 13.4. The van der Waals surface area contributed by atoms with E-state index in [4.69, 9.17) is 14.0 Å². The number of fused-ring (bicyclic) bond motifs is 2. The molecule has 0 aliphatic rings. The van der Waals surface area contributed by atoms with Gasteiger partial charge in [0.05, 0.1) is 43.2 Å². The van der Waals surface area contributed by atoms with Crippen molar-refractivity contribution in [1.29, 1.82) is 0 Å². The van der Waals surface area contributed by atoms with Crippen molar-refractivity contribution in [3.05, 3.63) is 76.5 Å². The summed E-state index contributed by atoms with van der Waals surface area (Å²) in [5, 5.41) is 4.67. The fourth-order valence-corrected chi connectivity index (χ4v) is 5.39. The third kappa shape index (κ3) is 4.01. The van der Waals surface area contributed by atoms with Gasteiger partial charge in [0.25, 0.3) is 10.0 Å². The van der Waals surface area contributed by atoms with Gasteiger partial charge in [-0.25, -0.2) is 18.2 Å². The molecule has 36 heavy (non-hydrogen) atoms. The lowest BCUT2D eigenvalue weighted by Crippen LogP contribution is -2.30. The molecule has 0 N–H and O–H groups in total. The minimum atomic E-state index is -4.30. The molecule has 3 aromatic heterocycles. The number of pyridine rings is 1. The third-order valence-electron chi connectivity index (χ3n) is 5.83. The fourth-order valence-electron chi connectivity index (χ4n) is 4.04. The van der Waals surface area contributed by atoms with Gasteiger partial charge in [0.2, 0.25) is 5.88 Å². The van der Waals surface area contributed by atoms with Crippen molar-refractivity contribution in [1.82, 2.24) is 18.7 Å². The zero-order valence-electron chi connectivity index (χ0n) is 20.0. The molecule has 0 unspecified atom stereocenters. The Bertz CT molecular complexity index is 1730. The van der Waals surface area contributed by atoms with Gasteiger partial charge < -0.3 is 14.0 Å². The van der Waals surface area contributed by atoms with Crippen LogP contribution < -0.4 is 15.2 Å². The van der Waals surface area contributed by atoms with E-state index in [1.54, 1.807) is 13.0 Å². The molecule has 3 heterocycles. The highest BCUT2D eigenvalue weighted by Gasteiger charge is 2.27. The van der Waals surface area contributed by atoms with Crippen LogP contribution in [0, 0.1) is 6.92 Å².